The molecule has 2 nitrogen and oxygen atoms in total. The van der Waals surface area contributed by atoms with Crippen LogP contribution in [0.25, 0.3) is 23.1 Å². The molecule has 0 bridgehead atoms. The summed E-state index contributed by atoms with van der Waals surface area (Å²) in [4.78, 5) is 16.6. The minimum Gasteiger partial charge on any atom is -0.322 e. The van der Waals surface area contributed by atoms with Crippen LogP contribution in [0.15, 0.2) is 95.1 Å². The number of pyridine rings is 1. The smallest absolute Gasteiger partial charge is 0.249 e. The van der Waals surface area contributed by atoms with Gasteiger partial charge < -0.3 is 4.98 Å². The second kappa shape index (κ2) is 9.22. The predicted molar refractivity (Wildman–Crippen MR) is 141 cm³/mol. The van der Waals surface area contributed by atoms with E-state index in [0.29, 0.717) is 0 Å². The van der Waals surface area contributed by atoms with E-state index in [1.165, 1.54) is 21.6 Å². The Morgan fingerprint density at radius 2 is 1.64 bits per heavy atom. The summed E-state index contributed by atoms with van der Waals surface area (Å²) >= 11 is 7.90. The Bertz CT molecular complexity index is 1480. The lowest BCUT2D eigenvalue weighted by atomic mass is 9.88. The summed E-state index contributed by atoms with van der Waals surface area (Å²) in [7, 11) is 0. The third-order valence-electron chi connectivity index (χ3n) is 5.80. The molecular formula is C29H22ClNOS. The summed E-state index contributed by atoms with van der Waals surface area (Å²) in [6.07, 6.45) is 4.07. The molecule has 5 aromatic rings. The second-order valence-electron chi connectivity index (χ2n) is 8.14. The van der Waals surface area contributed by atoms with E-state index in [-0.39, 0.29) is 11.5 Å². The number of hydrogen-bond acceptors (Lipinski definition) is 2. The SMILES string of the molecule is Cc1ccc(/C=C/c2cc(=O)[nH]c3ccc(C(c4ccc(Cl)cc4)c4cccs4)cc23)cc1. The average Bonchev–Trinajstić information content (AvgIpc) is 3.34. The standard InChI is InChI=1S/C29H22ClNOS/c1-19-4-6-20(7-5-19)8-9-22-18-28(32)31-26-15-12-23(17-25(22)26)29(27-3-2-16-33-27)21-10-13-24(30)14-11-21/h2-18,29H,1H3,(H,31,32)/b9-8+. The van der Waals surface area contributed by atoms with Crippen molar-refractivity contribution in [3.8, 4) is 0 Å². The van der Waals surface area contributed by atoms with Gasteiger partial charge in [-0.25, -0.2) is 0 Å². The number of rotatable bonds is 5. The van der Waals surface area contributed by atoms with Crippen molar-refractivity contribution in [1.82, 2.24) is 4.98 Å². The number of aromatic amines is 1. The van der Waals surface area contributed by atoms with Gasteiger partial charge in [0.25, 0.3) is 0 Å². The van der Waals surface area contributed by atoms with Crippen LogP contribution in [0.5, 0.6) is 0 Å². The zero-order chi connectivity index (χ0) is 22.8. The molecule has 4 heteroatoms. The Kier molecular flexibility index (Phi) is 5.99. The van der Waals surface area contributed by atoms with E-state index >= 15 is 0 Å². The lowest BCUT2D eigenvalue weighted by molar-refractivity contribution is 1.01. The number of nitrogens with one attached hydrogen (secondary N) is 1. The van der Waals surface area contributed by atoms with Crippen LogP contribution >= 0.6 is 22.9 Å². The van der Waals surface area contributed by atoms with Crippen molar-refractivity contribution >= 4 is 46.0 Å². The fraction of sp³-hybridized carbons (Fsp3) is 0.0690. The molecule has 1 N–H and O–H groups in total. The van der Waals surface area contributed by atoms with Crippen molar-refractivity contribution in [2.45, 2.75) is 12.8 Å². The van der Waals surface area contributed by atoms with Gasteiger partial charge in [-0.2, -0.15) is 0 Å². The summed E-state index contributed by atoms with van der Waals surface area (Å²) < 4.78 is 0. The third kappa shape index (κ3) is 4.70. The molecule has 2 heterocycles. The predicted octanol–water partition coefficient (Wildman–Crippen LogP) is 7.90. The highest BCUT2D eigenvalue weighted by Gasteiger charge is 2.19. The largest absolute Gasteiger partial charge is 0.322 e. The highest BCUT2D eigenvalue weighted by atomic mass is 35.5. The number of hydrogen-bond donors (Lipinski definition) is 1. The first-order valence-corrected chi connectivity index (χ1v) is 12.0. The molecule has 0 aliphatic carbocycles. The summed E-state index contributed by atoms with van der Waals surface area (Å²) in [5, 5.41) is 3.85. The number of thiophene rings is 1. The van der Waals surface area contributed by atoms with Gasteiger partial charge in [0, 0.05) is 32.8 Å². The fourth-order valence-corrected chi connectivity index (χ4v) is 5.12. The Morgan fingerprint density at radius 3 is 2.36 bits per heavy atom. The Morgan fingerprint density at radius 1 is 0.879 bits per heavy atom. The Labute approximate surface area is 201 Å². The minimum absolute atomic E-state index is 0.0903. The monoisotopic (exact) mass is 467 g/mol. The van der Waals surface area contributed by atoms with E-state index in [4.69, 9.17) is 11.6 Å². The van der Waals surface area contributed by atoms with Crippen LogP contribution in [0.4, 0.5) is 0 Å². The molecule has 2 aromatic heterocycles. The zero-order valence-corrected chi connectivity index (χ0v) is 19.7. The molecular weight excluding hydrogens is 446 g/mol. The van der Waals surface area contributed by atoms with Crippen molar-refractivity contribution in [2.24, 2.45) is 0 Å². The van der Waals surface area contributed by atoms with Gasteiger partial charge in [-0.1, -0.05) is 77.8 Å². The molecule has 33 heavy (non-hydrogen) atoms. The topological polar surface area (TPSA) is 32.9 Å². The highest BCUT2D eigenvalue weighted by molar-refractivity contribution is 7.10. The van der Waals surface area contributed by atoms with Gasteiger partial charge in [-0.05, 0) is 64.9 Å². The molecule has 162 valence electrons. The lowest BCUT2D eigenvalue weighted by Gasteiger charge is -2.18. The first kappa shape index (κ1) is 21.4. The number of aromatic nitrogens is 1. The molecule has 1 unspecified atom stereocenters. The Hall–Kier alpha value is -3.40. The highest BCUT2D eigenvalue weighted by Crippen LogP contribution is 2.36. The molecule has 0 saturated heterocycles. The molecule has 3 aromatic carbocycles. The van der Waals surface area contributed by atoms with E-state index in [1.54, 1.807) is 17.4 Å². The van der Waals surface area contributed by atoms with Crippen LogP contribution in [0, 0.1) is 6.92 Å². The van der Waals surface area contributed by atoms with Crippen molar-refractivity contribution < 1.29 is 0 Å². The summed E-state index contributed by atoms with van der Waals surface area (Å²) in [5.74, 6) is 0.0903. The van der Waals surface area contributed by atoms with Gasteiger partial charge in [0.2, 0.25) is 5.56 Å². The average molecular weight is 468 g/mol. The van der Waals surface area contributed by atoms with Gasteiger partial charge in [0.1, 0.15) is 0 Å². The third-order valence-corrected chi connectivity index (χ3v) is 6.99. The number of H-pyrrole nitrogens is 1. The number of aryl methyl sites for hydroxylation is 1. The molecule has 0 spiro atoms. The van der Waals surface area contributed by atoms with E-state index in [9.17, 15) is 4.79 Å². The number of fused-ring (bicyclic) bond motifs is 1. The van der Waals surface area contributed by atoms with Gasteiger partial charge >= 0.3 is 0 Å². The van der Waals surface area contributed by atoms with Crippen LogP contribution in [0.2, 0.25) is 5.02 Å². The lowest BCUT2D eigenvalue weighted by Crippen LogP contribution is -2.06. The summed E-state index contributed by atoms with van der Waals surface area (Å²) in [6.45, 7) is 2.07. The number of benzene rings is 3. The molecule has 1 atom stereocenters. The molecule has 0 amide bonds. The molecule has 0 aliphatic rings. The van der Waals surface area contributed by atoms with Gasteiger partial charge in [0.05, 0.1) is 0 Å². The van der Waals surface area contributed by atoms with E-state index in [1.807, 2.05) is 24.3 Å². The van der Waals surface area contributed by atoms with Crippen LogP contribution in [-0.2, 0) is 0 Å². The van der Waals surface area contributed by atoms with Crippen molar-refractivity contribution in [3.05, 3.63) is 138 Å². The maximum Gasteiger partial charge on any atom is 0.249 e. The summed E-state index contributed by atoms with van der Waals surface area (Å²) in [5.41, 5.74) is 6.30. The molecule has 0 fully saturated rings. The maximum atomic E-state index is 12.3. The van der Waals surface area contributed by atoms with E-state index < -0.39 is 0 Å². The van der Waals surface area contributed by atoms with Crippen molar-refractivity contribution in [2.75, 3.05) is 0 Å². The first-order valence-electron chi connectivity index (χ1n) is 10.8. The van der Waals surface area contributed by atoms with E-state index in [0.717, 1.165) is 27.1 Å². The molecule has 0 saturated carbocycles. The molecule has 0 radical (unpaired) electrons. The zero-order valence-electron chi connectivity index (χ0n) is 18.1. The fourth-order valence-electron chi connectivity index (χ4n) is 4.11. The molecule has 5 rings (SSSR count). The second-order valence-corrected chi connectivity index (χ2v) is 9.55. The van der Waals surface area contributed by atoms with Crippen LogP contribution < -0.4 is 5.56 Å². The maximum absolute atomic E-state index is 12.3. The summed E-state index contributed by atoms with van der Waals surface area (Å²) in [6, 6.07) is 28.6. The molecule has 0 aliphatic heterocycles. The Balaban J connectivity index is 1.63. The minimum atomic E-state index is -0.105. The first-order chi connectivity index (χ1) is 16.1. The van der Waals surface area contributed by atoms with Crippen LogP contribution in [-0.4, -0.2) is 4.98 Å². The van der Waals surface area contributed by atoms with E-state index in [2.05, 4.69) is 84.0 Å². The quantitative estimate of drug-likeness (QED) is 0.280. The number of halogens is 1. The van der Waals surface area contributed by atoms with Crippen molar-refractivity contribution in [1.29, 1.82) is 0 Å². The van der Waals surface area contributed by atoms with Crippen molar-refractivity contribution in [3.63, 3.8) is 0 Å². The van der Waals surface area contributed by atoms with Gasteiger partial charge in [0.15, 0.2) is 0 Å². The van der Waals surface area contributed by atoms with Gasteiger partial charge in [-0.3, -0.25) is 4.79 Å². The van der Waals surface area contributed by atoms with Crippen LogP contribution in [0.1, 0.15) is 38.6 Å². The normalized spacial score (nSPS) is 12.4. The van der Waals surface area contributed by atoms with Gasteiger partial charge in [-0.15, -0.1) is 11.3 Å². The van der Waals surface area contributed by atoms with Crippen LogP contribution in [0.3, 0.4) is 0 Å².